The number of hydroxylamine groups is 2. The molecule has 2 saturated heterocycles. The summed E-state index contributed by atoms with van der Waals surface area (Å²) >= 11 is 0. The van der Waals surface area contributed by atoms with Crippen LogP contribution in [0.2, 0.25) is 0 Å². The summed E-state index contributed by atoms with van der Waals surface area (Å²) in [6, 6.07) is 0.0343. The third kappa shape index (κ3) is 4.07. The number of carboxylic acids is 1. The fourth-order valence-corrected chi connectivity index (χ4v) is 3.90. The van der Waals surface area contributed by atoms with E-state index in [0.29, 0.717) is 25.3 Å². The molecule has 2 aliphatic heterocycles. The highest BCUT2D eigenvalue weighted by Crippen LogP contribution is 2.39. The van der Waals surface area contributed by atoms with Gasteiger partial charge in [0.25, 0.3) is 0 Å². The van der Waals surface area contributed by atoms with E-state index in [-0.39, 0.29) is 17.6 Å². The van der Waals surface area contributed by atoms with Crippen LogP contribution in [-0.4, -0.2) is 69.4 Å². The molecule has 0 saturated carbocycles. The number of carboxylic acid groups (broad SMARTS) is 1. The van der Waals surface area contributed by atoms with Gasteiger partial charge in [-0.25, -0.2) is 4.79 Å². The van der Waals surface area contributed by atoms with Crippen LogP contribution in [0.1, 0.15) is 52.9 Å². The van der Waals surface area contributed by atoms with Gasteiger partial charge < -0.3 is 15.1 Å². The largest absolute Gasteiger partial charge is 0.481 e. The summed E-state index contributed by atoms with van der Waals surface area (Å²) in [7, 11) is 2.08. The molecule has 0 amide bonds. The Hall–Kier alpha value is -1.18. The summed E-state index contributed by atoms with van der Waals surface area (Å²) in [5.74, 6) is -1.40. The van der Waals surface area contributed by atoms with Gasteiger partial charge >= 0.3 is 11.9 Å². The van der Waals surface area contributed by atoms with Crippen molar-refractivity contribution in [1.29, 1.82) is 0 Å². The Bertz CT molecular complexity index is 482. The monoisotopic (exact) mass is 342 g/mol. The number of carbonyl (C=O) groups is 2. The van der Waals surface area contributed by atoms with Gasteiger partial charge in [0.05, 0.1) is 12.1 Å². The average Bonchev–Trinajstić information content (AvgIpc) is 2.47. The van der Waals surface area contributed by atoms with E-state index in [1.807, 2.05) is 0 Å². The highest BCUT2D eigenvalue weighted by molar-refractivity contribution is 5.89. The van der Waals surface area contributed by atoms with Gasteiger partial charge in [0.2, 0.25) is 0 Å². The van der Waals surface area contributed by atoms with Crippen molar-refractivity contribution in [2.24, 2.45) is 5.92 Å². The summed E-state index contributed by atoms with van der Waals surface area (Å²) in [4.78, 5) is 30.1. The van der Waals surface area contributed by atoms with Crippen molar-refractivity contribution in [1.82, 2.24) is 9.96 Å². The highest BCUT2D eigenvalue weighted by Gasteiger charge is 2.45. The molecule has 4 unspecified atom stereocenters. The first-order chi connectivity index (χ1) is 11.1. The molecule has 0 aliphatic carbocycles. The summed E-state index contributed by atoms with van der Waals surface area (Å²) in [5.41, 5.74) is 0.0159. The summed E-state index contributed by atoms with van der Waals surface area (Å²) in [6.45, 7) is 7.10. The van der Waals surface area contributed by atoms with Crippen LogP contribution in [0.25, 0.3) is 0 Å². The van der Waals surface area contributed by atoms with Gasteiger partial charge in [-0.2, -0.15) is 0 Å². The molecule has 24 heavy (non-hydrogen) atoms. The molecular weight excluding hydrogens is 312 g/mol. The number of hydrogen-bond donors (Lipinski definition) is 2. The van der Waals surface area contributed by atoms with Crippen molar-refractivity contribution in [3.8, 4) is 0 Å². The van der Waals surface area contributed by atoms with Gasteiger partial charge in [0.15, 0.2) is 0 Å². The fraction of sp³-hybridized carbons (Fsp3) is 0.882. The quantitative estimate of drug-likeness (QED) is 0.743. The number of hydrogen-bond acceptors (Lipinski definition) is 6. The first-order valence-corrected chi connectivity index (χ1v) is 8.73. The predicted molar refractivity (Wildman–Crippen MR) is 88.1 cm³/mol. The van der Waals surface area contributed by atoms with Gasteiger partial charge in [-0.3, -0.25) is 9.69 Å². The van der Waals surface area contributed by atoms with Crippen LogP contribution in [0.4, 0.5) is 0 Å². The van der Waals surface area contributed by atoms with Crippen LogP contribution in [0.15, 0.2) is 0 Å². The zero-order chi connectivity index (χ0) is 18.1. The zero-order valence-corrected chi connectivity index (χ0v) is 15.1. The Morgan fingerprint density at radius 3 is 2.50 bits per heavy atom. The second-order valence-corrected chi connectivity index (χ2v) is 7.73. The molecule has 0 aromatic heterocycles. The van der Waals surface area contributed by atoms with Gasteiger partial charge in [0, 0.05) is 18.1 Å². The molecule has 2 aliphatic rings. The smallest absolute Gasteiger partial charge is 0.336 e. The van der Waals surface area contributed by atoms with E-state index in [1.54, 1.807) is 5.06 Å². The Morgan fingerprint density at radius 1 is 1.21 bits per heavy atom. The maximum atomic E-state index is 11.8. The van der Waals surface area contributed by atoms with Crippen LogP contribution >= 0.6 is 0 Å². The predicted octanol–water partition coefficient (Wildman–Crippen LogP) is 1.25. The van der Waals surface area contributed by atoms with Crippen LogP contribution in [0, 0.1) is 5.92 Å². The number of piperidine rings is 2. The van der Waals surface area contributed by atoms with Crippen molar-refractivity contribution < 1.29 is 24.6 Å². The van der Waals surface area contributed by atoms with Crippen molar-refractivity contribution in [2.75, 3.05) is 13.6 Å². The van der Waals surface area contributed by atoms with Crippen LogP contribution in [0.5, 0.6) is 0 Å². The first-order valence-electron chi connectivity index (χ1n) is 8.73. The van der Waals surface area contributed by atoms with Crippen molar-refractivity contribution in [3.05, 3.63) is 0 Å². The molecule has 0 aromatic rings. The second kappa shape index (κ2) is 7.37. The number of aliphatic carboxylic acids is 1. The van der Waals surface area contributed by atoms with E-state index in [2.05, 4.69) is 32.7 Å². The number of carbonyl (C=O) groups excluding carboxylic acids is 1. The molecule has 0 spiro atoms. The highest BCUT2D eigenvalue weighted by atomic mass is 16.7. The third-order valence-electron chi connectivity index (χ3n) is 6.03. The summed E-state index contributed by atoms with van der Waals surface area (Å²) in [5, 5.41) is 20.4. The van der Waals surface area contributed by atoms with E-state index in [0.717, 1.165) is 12.8 Å². The van der Waals surface area contributed by atoms with Crippen LogP contribution < -0.4 is 0 Å². The first kappa shape index (κ1) is 19.1. The maximum Gasteiger partial charge on any atom is 0.336 e. The van der Waals surface area contributed by atoms with Crippen molar-refractivity contribution >= 4 is 11.9 Å². The SMILES string of the molecule is CC1CCC(C2CC(O)CCN2OC(=O)CC(=O)O)N(C)C1(C)C. The van der Waals surface area contributed by atoms with E-state index in [4.69, 9.17) is 9.94 Å². The van der Waals surface area contributed by atoms with Gasteiger partial charge in [-0.05, 0) is 52.5 Å². The van der Waals surface area contributed by atoms with Gasteiger partial charge in [0.1, 0.15) is 6.42 Å². The lowest BCUT2D eigenvalue weighted by Gasteiger charge is -2.54. The van der Waals surface area contributed by atoms with Crippen molar-refractivity contribution in [2.45, 2.75) is 76.6 Å². The number of nitrogens with zero attached hydrogens (tertiary/aromatic N) is 2. The normalized spacial score (nSPS) is 34.7. The molecule has 0 radical (unpaired) electrons. The number of rotatable bonds is 4. The Morgan fingerprint density at radius 2 is 1.88 bits per heavy atom. The third-order valence-corrected chi connectivity index (χ3v) is 6.03. The molecular formula is C17H30N2O5. The average molecular weight is 342 g/mol. The molecule has 2 heterocycles. The van der Waals surface area contributed by atoms with Crippen molar-refractivity contribution in [3.63, 3.8) is 0 Å². The van der Waals surface area contributed by atoms with Crippen LogP contribution in [0.3, 0.4) is 0 Å². The zero-order valence-electron chi connectivity index (χ0n) is 15.1. The summed E-state index contributed by atoms with van der Waals surface area (Å²) < 4.78 is 0. The lowest BCUT2D eigenvalue weighted by atomic mass is 9.75. The minimum Gasteiger partial charge on any atom is -0.481 e. The van der Waals surface area contributed by atoms with E-state index >= 15 is 0 Å². The fourth-order valence-electron chi connectivity index (χ4n) is 3.90. The number of aliphatic hydroxyl groups is 1. The van der Waals surface area contributed by atoms with Crippen LogP contribution in [-0.2, 0) is 14.4 Å². The second-order valence-electron chi connectivity index (χ2n) is 7.73. The van der Waals surface area contributed by atoms with Gasteiger partial charge in [-0.1, -0.05) is 6.92 Å². The summed E-state index contributed by atoms with van der Waals surface area (Å²) in [6.07, 6.45) is 2.03. The molecule has 138 valence electrons. The number of aliphatic hydroxyl groups excluding tert-OH is 1. The van der Waals surface area contributed by atoms with E-state index in [1.165, 1.54) is 0 Å². The molecule has 7 nitrogen and oxygen atoms in total. The lowest BCUT2D eigenvalue weighted by Crippen LogP contribution is -2.63. The van der Waals surface area contributed by atoms with Gasteiger partial charge in [-0.15, -0.1) is 5.06 Å². The Balaban J connectivity index is 2.13. The topological polar surface area (TPSA) is 90.3 Å². The molecule has 0 aromatic carbocycles. The van der Waals surface area contributed by atoms with E-state index < -0.39 is 24.5 Å². The molecule has 2 fully saturated rings. The lowest BCUT2D eigenvalue weighted by molar-refractivity contribution is -0.227. The molecule has 0 bridgehead atoms. The standard InChI is InChI=1S/C17H30N2O5/c1-11-5-6-13(18(4)17(11,2)3)14-9-12(20)7-8-19(14)24-16(23)10-15(21)22/h11-14,20H,5-10H2,1-4H3,(H,21,22). The number of likely N-dealkylation sites (N-methyl/N-ethyl adjacent to an activating group) is 1. The maximum absolute atomic E-state index is 11.8. The molecule has 4 atom stereocenters. The number of likely N-dealkylation sites (tertiary alicyclic amines) is 1. The minimum absolute atomic E-state index is 0.0159. The Labute approximate surface area is 143 Å². The molecule has 2 rings (SSSR count). The van der Waals surface area contributed by atoms with E-state index in [9.17, 15) is 14.7 Å². The molecule has 2 N–H and O–H groups in total. The Kier molecular flexibility index (Phi) is 5.88. The minimum atomic E-state index is -1.20. The molecule has 7 heteroatoms.